The van der Waals surface area contributed by atoms with E-state index in [4.69, 9.17) is 4.74 Å². The number of pyridine rings is 1. The second-order valence-corrected chi connectivity index (χ2v) is 8.56. The van der Waals surface area contributed by atoms with E-state index in [1.807, 2.05) is 35.2 Å². The van der Waals surface area contributed by atoms with Crippen LogP contribution in [0.5, 0.6) is 0 Å². The molecule has 1 aromatic heterocycles. The van der Waals surface area contributed by atoms with Crippen molar-refractivity contribution in [2.45, 2.75) is 18.7 Å². The van der Waals surface area contributed by atoms with Crippen LogP contribution in [-0.4, -0.2) is 47.9 Å². The van der Waals surface area contributed by atoms with Gasteiger partial charge in [-0.15, -0.1) is 0 Å². The van der Waals surface area contributed by atoms with Gasteiger partial charge in [0.15, 0.2) is 0 Å². The number of esters is 1. The third-order valence-electron chi connectivity index (χ3n) is 6.36. The number of aromatic nitrogens is 1. The van der Waals surface area contributed by atoms with Gasteiger partial charge in [0, 0.05) is 44.4 Å². The summed E-state index contributed by atoms with van der Waals surface area (Å²) in [5.41, 5.74) is 1.84. The van der Waals surface area contributed by atoms with Crippen LogP contribution in [0, 0.1) is 0 Å². The third-order valence-corrected chi connectivity index (χ3v) is 6.36. The highest BCUT2D eigenvalue weighted by Gasteiger charge is 2.32. The highest BCUT2D eigenvalue weighted by molar-refractivity contribution is 5.98. The molecule has 1 atom stereocenters. The smallest absolute Gasteiger partial charge is 0.417 e. The van der Waals surface area contributed by atoms with Gasteiger partial charge in [0.2, 0.25) is 0 Å². The standard InChI is InChI=1S/C26H22F3N3O3/c27-26(28,29)20-7-9-23(30-16-20)31-10-12-32(13-11-31)24(33)18-6-8-21-19(14-18)15-22(35-25(21)34)17-4-2-1-3-5-17/h1-9,14,16,22H,10-13,15H2/t22-/m0/s1. The molecular formula is C26H22F3N3O3. The summed E-state index contributed by atoms with van der Waals surface area (Å²) >= 11 is 0. The van der Waals surface area contributed by atoms with Crippen molar-refractivity contribution < 1.29 is 27.5 Å². The van der Waals surface area contributed by atoms with Crippen molar-refractivity contribution in [3.8, 4) is 0 Å². The Hall–Kier alpha value is -3.88. The molecule has 0 aliphatic carbocycles. The Kier molecular flexibility index (Phi) is 5.92. The number of halogens is 3. The van der Waals surface area contributed by atoms with Gasteiger partial charge in [-0.2, -0.15) is 13.2 Å². The zero-order valence-corrected chi connectivity index (χ0v) is 18.7. The fourth-order valence-electron chi connectivity index (χ4n) is 4.44. The maximum Gasteiger partial charge on any atom is 0.417 e. The Morgan fingerprint density at radius 1 is 0.971 bits per heavy atom. The molecule has 2 aliphatic rings. The summed E-state index contributed by atoms with van der Waals surface area (Å²) < 4.78 is 43.9. The van der Waals surface area contributed by atoms with Gasteiger partial charge < -0.3 is 14.5 Å². The van der Waals surface area contributed by atoms with Crippen LogP contribution in [0.4, 0.5) is 19.0 Å². The molecule has 0 radical (unpaired) electrons. The lowest BCUT2D eigenvalue weighted by atomic mass is 9.93. The van der Waals surface area contributed by atoms with Gasteiger partial charge in [-0.05, 0) is 41.5 Å². The molecule has 180 valence electrons. The number of rotatable bonds is 3. The number of hydrogen-bond donors (Lipinski definition) is 0. The summed E-state index contributed by atoms with van der Waals surface area (Å²) in [5.74, 6) is -0.107. The number of hydrogen-bond acceptors (Lipinski definition) is 5. The van der Waals surface area contributed by atoms with Crippen molar-refractivity contribution in [3.63, 3.8) is 0 Å². The Morgan fingerprint density at radius 2 is 1.71 bits per heavy atom. The molecule has 3 heterocycles. The van der Waals surface area contributed by atoms with Crippen LogP contribution in [0.3, 0.4) is 0 Å². The molecule has 0 saturated carbocycles. The molecule has 1 fully saturated rings. The average Bonchev–Trinajstić information content (AvgIpc) is 2.88. The van der Waals surface area contributed by atoms with Crippen molar-refractivity contribution in [2.75, 3.05) is 31.1 Å². The SMILES string of the molecule is O=C1O[C@H](c2ccccc2)Cc2cc(C(=O)N3CCN(c4ccc(C(F)(F)F)cn4)CC3)ccc21. The first-order valence-electron chi connectivity index (χ1n) is 11.3. The number of nitrogens with zero attached hydrogens (tertiary/aromatic N) is 3. The van der Waals surface area contributed by atoms with E-state index in [2.05, 4.69) is 4.98 Å². The minimum atomic E-state index is -4.43. The predicted octanol–water partition coefficient (Wildman–Crippen LogP) is 4.52. The molecule has 0 bridgehead atoms. The molecule has 1 amide bonds. The summed E-state index contributed by atoms with van der Waals surface area (Å²) in [6.07, 6.45) is -3.52. The van der Waals surface area contributed by atoms with E-state index >= 15 is 0 Å². The molecule has 3 aromatic rings. The Balaban J connectivity index is 1.26. The minimum Gasteiger partial charge on any atom is -0.454 e. The summed E-state index contributed by atoms with van der Waals surface area (Å²) in [7, 11) is 0. The summed E-state index contributed by atoms with van der Waals surface area (Å²) in [6, 6.07) is 16.9. The Labute approximate surface area is 199 Å². The molecule has 5 rings (SSSR count). The zero-order valence-electron chi connectivity index (χ0n) is 18.7. The zero-order chi connectivity index (χ0) is 24.6. The molecule has 0 spiro atoms. The largest absolute Gasteiger partial charge is 0.454 e. The van der Waals surface area contributed by atoms with Crippen molar-refractivity contribution in [1.82, 2.24) is 9.88 Å². The summed E-state index contributed by atoms with van der Waals surface area (Å²) in [6.45, 7) is 1.73. The highest BCUT2D eigenvalue weighted by atomic mass is 19.4. The van der Waals surface area contributed by atoms with E-state index in [1.165, 1.54) is 6.07 Å². The number of carbonyl (C=O) groups is 2. The van der Waals surface area contributed by atoms with Crippen molar-refractivity contribution in [1.29, 1.82) is 0 Å². The number of anilines is 1. The van der Waals surface area contributed by atoms with Crippen LogP contribution in [0.15, 0.2) is 66.9 Å². The lowest BCUT2D eigenvalue weighted by molar-refractivity contribution is -0.137. The Bertz CT molecular complexity index is 1240. The number of benzene rings is 2. The number of carbonyl (C=O) groups excluding carboxylic acids is 2. The van der Waals surface area contributed by atoms with Crippen LogP contribution >= 0.6 is 0 Å². The van der Waals surface area contributed by atoms with E-state index in [0.29, 0.717) is 49.5 Å². The third kappa shape index (κ3) is 4.71. The van der Waals surface area contributed by atoms with Crippen molar-refractivity contribution >= 4 is 17.7 Å². The van der Waals surface area contributed by atoms with Crippen LogP contribution in [0.1, 0.15) is 43.5 Å². The van der Waals surface area contributed by atoms with Gasteiger partial charge in [-0.3, -0.25) is 4.79 Å². The normalized spacial score (nSPS) is 18.1. The van der Waals surface area contributed by atoms with E-state index in [1.54, 1.807) is 23.1 Å². The first kappa shape index (κ1) is 22.9. The van der Waals surface area contributed by atoms with Gasteiger partial charge in [0.25, 0.3) is 5.91 Å². The molecule has 6 nitrogen and oxygen atoms in total. The van der Waals surface area contributed by atoms with Crippen LogP contribution in [0.25, 0.3) is 0 Å². The van der Waals surface area contributed by atoms with Crippen LogP contribution in [-0.2, 0) is 17.3 Å². The maximum absolute atomic E-state index is 13.2. The number of piperazine rings is 1. The monoisotopic (exact) mass is 481 g/mol. The molecule has 2 aromatic carbocycles. The molecule has 0 N–H and O–H groups in total. The summed E-state index contributed by atoms with van der Waals surface area (Å²) in [4.78, 5) is 33.2. The number of fused-ring (bicyclic) bond motifs is 1. The van der Waals surface area contributed by atoms with E-state index in [-0.39, 0.29) is 5.91 Å². The summed E-state index contributed by atoms with van der Waals surface area (Å²) in [5, 5.41) is 0. The average molecular weight is 481 g/mol. The van der Waals surface area contributed by atoms with Gasteiger partial charge >= 0.3 is 12.1 Å². The lowest BCUT2D eigenvalue weighted by Gasteiger charge is -2.35. The second-order valence-electron chi connectivity index (χ2n) is 8.56. The fraction of sp³-hybridized carbons (Fsp3) is 0.269. The van der Waals surface area contributed by atoms with Crippen molar-refractivity contribution in [3.05, 3.63) is 94.7 Å². The van der Waals surface area contributed by atoms with Gasteiger partial charge in [0.1, 0.15) is 11.9 Å². The number of ether oxygens (including phenoxy) is 1. The van der Waals surface area contributed by atoms with Gasteiger partial charge in [0.05, 0.1) is 11.1 Å². The molecule has 2 aliphatic heterocycles. The first-order valence-corrected chi connectivity index (χ1v) is 11.3. The topological polar surface area (TPSA) is 62.7 Å². The molecule has 35 heavy (non-hydrogen) atoms. The molecule has 0 unspecified atom stereocenters. The fourth-order valence-corrected chi connectivity index (χ4v) is 4.44. The molecular weight excluding hydrogens is 459 g/mol. The molecule has 1 saturated heterocycles. The van der Waals surface area contributed by atoms with Crippen LogP contribution < -0.4 is 4.90 Å². The lowest BCUT2D eigenvalue weighted by Crippen LogP contribution is -2.49. The Morgan fingerprint density at radius 3 is 2.37 bits per heavy atom. The van der Waals surface area contributed by atoms with Crippen LogP contribution in [0.2, 0.25) is 0 Å². The number of alkyl halides is 3. The number of cyclic esters (lactones) is 1. The van der Waals surface area contributed by atoms with E-state index in [9.17, 15) is 22.8 Å². The number of amides is 1. The minimum absolute atomic E-state index is 0.150. The second kappa shape index (κ2) is 9.05. The highest BCUT2D eigenvalue weighted by Crippen LogP contribution is 2.32. The van der Waals surface area contributed by atoms with E-state index in [0.717, 1.165) is 23.4 Å². The predicted molar refractivity (Wildman–Crippen MR) is 122 cm³/mol. The quantitative estimate of drug-likeness (QED) is 0.515. The van der Waals surface area contributed by atoms with Gasteiger partial charge in [-0.1, -0.05) is 30.3 Å². The van der Waals surface area contributed by atoms with E-state index < -0.39 is 23.8 Å². The van der Waals surface area contributed by atoms with Crippen molar-refractivity contribution in [2.24, 2.45) is 0 Å². The first-order chi connectivity index (χ1) is 16.8. The molecule has 9 heteroatoms. The van der Waals surface area contributed by atoms with Gasteiger partial charge in [-0.25, -0.2) is 9.78 Å². The maximum atomic E-state index is 13.2.